The van der Waals surface area contributed by atoms with Crippen molar-refractivity contribution in [2.75, 3.05) is 13.2 Å². The normalized spacial score (nSPS) is 14.0. The topological polar surface area (TPSA) is 58.6 Å². The second kappa shape index (κ2) is 9.53. The maximum atomic E-state index is 11.9. The second-order valence-electron chi connectivity index (χ2n) is 5.91. The van der Waals surface area contributed by atoms with Crippen LogP contribution in [-0.2, 0) is 16.1 Å². The molecule has 2 N–H and O–H groups in total. The summed E-state index contributed by atoms with van der Waals surface area (Å²) in [6, 6.07) is 9.68. The van der Waals surface area contributed by atoms with Crippen LogP contribution < -0.4 is 5.32 Å². The molecule has 0 aliphatic heterocycles. The van der Waals surface area contributed by atoms with Gasteiger partial charge in [0, 0.05) is 12.6 Å². The lowest BCUT2D eigenvalue weighted by atomic mass is 10.0. The highest BCUT2D eigenvalue weighted by Crippen LogP contribution is 2.07. The lowest BCUT2D eigenvalue weighted by Gasteiger charge is -2.20. The highest BCUT2D eigenvalue weighted by molar-refractivity contribution is 5.72. The van der Waals surface area contributed by atoms with Crippen LogP contribution in [0.15, 0.2) is 30.3 Å². The maximum absolute atomic E-state index is 11.9. The zero-order chi connectivity index (χ0) is 15.7. The summed E-state index contributed by atoms with van der Waals surface area (Å²) in [7, 11) is 0. The molecule has 0 heterocycles. The first kappa shape index (κ1) is 17.7. The van der Waals surface area contributed by atoms with Crippen molar-refractivity contribution in [3.8, 4) is 0 Å². The molecule has 4 nitrogen and oxygen atoms in total. The van der Waals surface area contributed by atoms with Gasteiger partial charge in [-0.05, 0) is 17.9 Å². The molecule has 0 saturated carbocycles. The van der Waals surface area contributed by atoms with Crippen molar-refractivity contribution in [2.45, 2.75) is 39.8 Å². The van der Waals surface area contributed by atoms with E-state index in [1.807, 2.05) is 37.3 Å². The van der Waals surface area contributed by atoms with Gasteiger partial charge >= 0.3 is 5.97 Å². The van der Waals surface area contributed by atoms with Gasteiger partial charge in [0.05, 0.1) is 12.5 Å². The molecule has 1 aromatic carbocycles. The van der Waals surface area contributed by atoms with Gasteiger partial charge in [-0.3, -0.25) is 4.79 Å². The molecule has 0 amide bonds. The van der Waals surface area contributed by atoms with Crippen LogP contribution in [0.25, 0.3) is 0 Å². The smallest absolute Gasteiger partial charge is 0.310 e. The molecule has 118 valence electrons. The van der Waals surface area contributed by atoms with E-state index in [2.05, 4.69) is 19.2 Å². The number of benzene rings is 1. The highest BCUT2D eigenvalue weighted by atomic mass is 16.5. The third kappa shape index (κ3) is 7.25. The van der Waals surface area contributed by atoms with Crippen LogP contribution in [0.2, 0.25) is 0 Å². The van der Waals surface area contributed by atoms with Crippen LogP contribution in [0, 0.1) is 11.8 Å². The van der Waals surface area contributed by atoms with Gasteiger partial charge in [-0.15, -0.1) is 0 Å². The average Bonchev–Trinajstić information content (AvgIpc) is 2.49. The molecule has 2 unspecified atom stereocenters. The van der Waals surface area contributed by atoms with Gasteiger partial charge in [0.15, 0.2) is 0 Å². The van der Waals surface area contributed by atoms with Gasteiger partial charge in [0.25, 0.3) is 0 Å². The molecular weight excluding hydrogens is 266 g/mol. The molecular formula is C17H27NO3. The fourth-order valence-corrected chi connectivity index (χ4v) is 2.09. The van der Waals surface area contributed by atoms with Crippen molar-refractivity contribution in [1.82, 2.24) is 5.32 Å². The summed E-state index contributed by atoms with van der Waals surface area (Å²) < 4.78 is 5.30. The van der Waals surface area contributed by atoms with E-state index in [1.54, 1.807) is 0 Å². The summed E-state index contributed by atoms with van der Waals surface area (Å²) >= 11 is 0. The van der Waals surface area contributed by atoms with Gasteiger partial charge in [0.1, 0.15) is 6.61 Å². The zero-order valence-electron chi connectivity index (χ0n) is 13.2. The first-order chi connectivity index (χ1) is 10.0. The number of aliphatic hydroxyl groups excluding tert-OH is 1. The number of nitrogens with one attached hydrogen (secondary N) is 1. The van der Waals surface area contributed by atoms with Crippen molar-refractivity contribution >= 4 is 5.97 Å². The highest BCUT2D eigenvalue weighted by Gasteiger charge is 2.17. The van der Waals surface area contributed by atoms with E-state index in [1.165, 1.54) is 0 Å². The van der Waals surface area contributed by atoms with Crippen LogP contribution in [0.3, 0.4) is 0 Å². The largest absolute Gasteiger partial charge is 0.461 e. The number of carbonyl (C=O) groups is 1. The van der Waals surface area contributed by atoms with E-state index in [-0.39, 0.29) is 24.5 Å². The number of esters is 1. The zero-order valence-corrected chi connectivity index (χ0v) is 13.2. The lowest BCUT2D eigenvalue weighted by molar-refractivity contribution is -0.149. The number of rotatable bonds is 9. The number of aliphatic hydroxyl groups is 1. The molecule has 21 heavy (non-hydrogen) atoms. The summed E-state index contributed by atoms with van der Waals surface area (Å²) in [5, 5.41) is 12.5. The first-order valence-electron chi connectivity index (χ1n) is 7.57. The number of hydrogen-bond donors (Lipinski definition) is 2. The van der Waals surface area contributed by atoms with Crippen molar-refractivity contribution in [3.05, 3.63) is 35.9 Å². The second-order valence-corrected chi connectivity index (χ2v) is 5.91. The Hall–Kier alpha value is -1.39. The summed E-state index contributed by atoms with van der Waals surface area (Å²) in [6.07, 6.45) is 0.891. The standard InChI is InChI=1S/C17H27NO3/c1-13(2)9-16(11-19)18-10-14(3)17(20)21-12-15-7-5-4-6-8-15/h4-8,13-14,16,18-19H,9-12H2,1-3H3. The summed E-state index contributed by atoms with van der Waals surface area (Å²) in [5.41, 5.74) is 0.985. The minimum absolute atomic E-state index is 0.0365. The summed E-state index contributed by atoms with van der Waals surface area (Å²) in [4.78, 5) is 11.9. The Morgan fingerprint density at radius 3 is 2.48 bits per heavy atom. The minimum Gasteiger partial charge on any atom is -0.461 e. The fraction of sp³-hybridized carbons (Fsp3) is 0.588. The number of ether oxygens (including phenoxy) is 1. The van der Waals surface area contributed by atoms with E-state index < -0.39 is 0 Å². The van der Waals surface area contributed by atoms with Gasteiger partial charge in [0.2, 0.25) is 0 Å². The molecule has 0 aliphatic carbocycles. The Bertz CT molecular complexity index is 406. The minimum atomic E-state index is -0.227. The SMILES string of the molecule is CC(C)CC(CO)NCC(C)C(=O)OCc1ccccc1. The van der Waals surface area contributed by atoms with Gasteiger partial charge in [-0.25, -0.2) is 0 Å². The van der Waals surface area contributed by atoms with Crippen LogP contribution in [0.5, 0.6) is 0 Å². The van der Waals surface area contributed by atoms with Crippen molar-refractivity contribution < 1.29 is 14.6 Å². The molecule has 1 rings (SSSR count). The molecule has 0 saturated heterocycles. The fourth-order valence-electron chi connectivity index (χ4n) is 2.09. The van der Waals surface area contributed by atoms with E-state index in [4.69, 9.17) is 4.74 Å². The van der Waals surface area contributed by atoms with Gasteiger partial charge in [-0.1, -0.05) is 51.1 Å². The molecule has 0 aliphatic rings. The van der Waals surface area contributed by atoms with Crippen LogP contribution in [0.1, 0.15) is 32.8 Å². The number of carbonyl (C=O) groups excluding carboxylic acids is 1. The summed E-state index contributed by atoms with van der Waals surface area (Å²) in [5.74, 6) is 0.0671. The van der Waals surface area contributed by atoms with E-state index in [0.717, 1.165) is 12.0 Å². The van der Waals surface area contributed by atoms with Crippen LogP contribution in [0.4, 0.5) is 0 Å². The molecule has 1 aromatic rings. The lowest BCUT2D eigenvalue weighted by Crippen LogP contribution is -2.38. The first-order valence-corrected chi connectivity index (χ1v) is 7.57. The van der Waals surface area contributed by atoms with Crippen LogP contribution in [-0.4, -0.2) is 30.3 Å². The Labute approximate surface area is 127 Å². The molecule has 2 atom stereocenters. The van der Waals surface area contributed by atoms with Crippen molar-refractivity contribution in [1.29, 1.82) is 0 Å². The molecule has 0 spiro atoms. The molecule has 0 bridgehead atoms. The molecule has 4 heteroatoms. The Balaban J connectivity index is 2.30. The Kier molecular flexibility index (Phi) is 8.01. The van der Waals surface area contributed by atoms with Crippen molar-refractivity contribution in [3.63, 3.8) is 0 Å². The van der Waals surface area contributed by atoms with E-state index in [0.29, 0.717) is 19.1 Å². The number of hydrogen-bond acceptors (Lipinski definition) is 4. The monoisotopic (exact) mass is 293 g/mol. The van der Waals surface area contributed by atoms with Gasteiger partial charge in [-0.2, -0.15) is 0 Å². The summed E-state index contributed by atoms with van der Waals surface area (Å²) in [6.45, 7) is 6.98. The predicted molar refractivity (Wildman–Crippen MR) is 83.7 cm³/mol. The molecule has 0 radical (unpaired) electrons. The Morgan fingerprint density at radius 1 is 1.24 bits per heavy atom. The average molecular weight is 293 g/mol. The predicted octanol–water partition coefficient (Wildman–Crippen LogP) is 2.36. The van der Waals surface area contributed by atoms with E-state index >= 15 is 0 Å². The van der Waals surface area contributed by atoms with Gasteiger partial charge < -0.3 is 15.2 Å². The third-order valence-corrected chi connectivity index (χ3v) is 3.32. The molecule has 0 fully saturated rings. The van der Waals surface area contributed by atoms with Crippen molar-refractivity contribution in [2.24, 2.45) is 11.8 Å². The molecule has 0 aromatic heterocycles. The third-order valence-electron chi connectivity index (χ3n) is 3.32. The maximum Gasteiger partial charge on any atom is 0.310 e. The quantitative estimate of drug-likeness (QED) is 0.686. The van der Waals surface area contributed by atoms with Crippen LogP contribution >= 0.6 is 0 Å². The Morgan fingerprint density at radius 2 is 1.90 bits per heavy atom. The van der Waals surface area contributed by atoms with E-state index in [9.17, 15) is 9.90 Å².